The second-order valence-corrected chi connectivity index (χ2v) is 4.47. The summed E-state index contributed by atoms with van der Waals surface area (Å²) >= 11 is 5.98. The lowest BCUT2D eigenvalue weighted by molar-refractivity contribution is -0.117. The van der Waals surface area contributed by atoms with E-state index in [2.05, 4.69) is 20.4 Å². The molecule has 92 valence electrons. The summed E-state index contributed by atoms with van der Waals surface area (Å²) in [5.74, 6) is -0.720. The van der Waals surface area contributed by atoms with E-state index in [-0.39, 0.29) is 11.0 Å². The largest absolute Gasteiger partial charge is 0.465 e. The van der Waals surface area contributed by atoms with Gasteiger partial charge in [-0.2, -0.15) is 0 Å². The van der Waals surface area contributed by atoms with Gasteiger partial charge in [0.1, 0.15) is 4.88 Å². The second-order valence-electron chi connectivity index (χ2n) is 3.06. The van der Waals surface area contributed by atoms with Crippen LogP contribution >= 0.6 is 23.6 Å². The molecule has 8 heteroatoms. The van der Waals surface area contributed by atoms with Gasteiger partial charge in [0, 0.05) is 6.92 Å². The van der Waals surface area contributed by atoms with Crippen LogP contribution in [0.4, 0.5) is 5.13 Å². The van der Waals surface area contributed by atoms with Crippen molar-refractivity contribution in [3.05, 3.63) is 10.6 Å². The van der Waals surface area contributed by atoms with Gasteiger partial charge in [0.05, 0.1) is 12.8 Å². The third kappa shape index (κ3) is 3.75. The number of aryl methyl sites for hydroxylation is 1. The first-order valence-electron chi connectivity index (χ1n) is 4.58. The number of ether oxygens (including phenoxy) is 1. The molecule has 0 aromatic carbocycles. The van der Waals surface area contributed by atoms with Crippen molar-refractivity contribution in [1.29, 1.82) is 0 Å². The zero-order valence-electron chi connectivity index (χ0n) is 9.49. The third-order valence-corrected chi connectivity index (χ3v) is 2.93. The van der Waals surface area contributed by atoms with Gasteiger partial charge in [-0.05, 0) is 19.1 Å². The maximum absolute atomic E-state index is 11.3. The summed E-state index contributed by atoms with van der Waals surface area (Å²) in [6.07, 6.45) is 0. The summed E-state index contributed by atoms with van der Waals surface area (Å²) in [5.41, 5.74) is 0.551. The van der Waals surface area contributed by atoms with Crippen LogP contribution in [0.1, 0.15) is 22.3 Å². The van der Waals surface area contributed by atoms with Crippen molar-refractivity contribution in [2.24, 2.45) is 0 Å². The predicted molar refractivity (Wildman–Crippen MR) is 68.2 cm³/mol. The highest BCUT2D eigenvalue weighted by Crippen LogP contribution is 2.22. The van der Waals surface area contributed by atoms with E-state index in [1.165, 1.54) is 14.0 Å². The molecule has 0 fully saturated rings. The van der Waals surface area contributed by atoms with Gasteiger partial charge in [-0.1, -0.05) is 11.3 Å². The minimum atomic E-state index is -0.446. The van der Waals surface area contributed by atoms with Gasteiger partial charge in [0.15, 0.2) is 10.2 Å². The molecule has 6 nitrogen and oxygen atoms in total. The number of amides is 1. The Hall–Kier alpha value is -1.54. The lowest BCUT2D eigenvalue weighted by Gasteiger charge is -2.03. The zero-order chi connectivity index (χ0) is 13.0. The maximum Gasteiger partial charge on any atom is 0.350 e. The highest BCUT2D eigenvalue weighted by molar-refractivity contribution is 7.80. The summed E-state index contributed by atoms with van der Waals surface area (Å²) < 4.78 is 4.60. The molecule has 0 saturated heterocycles. The van der Waals surface area contributed by atoms with Gasteiger partial charge < -0.3 is 15.4 Å². The van der Waals surface area contributed by atoms with Crippen molar-refractivity contribution in [2.75, 3.05) is 12.4 Å². The topological polar surface area (TPSA) is 80.3 Å². The van der Waals surface area contributed by atoms with E-state index in [1.54, 1.807) is 6.92 Å². The Bertz CT molecular complexity index is 470. The molecule has 17 heavy (non-hydrogen) atoms. The second kappa shape index (κ2) is 5.69. The van der Waals surface area contributed by atoms with Crippen molar-refractivity contribution in [2.45, 2.75) is 13.8 Å². The molecule has 1 rings (SSSR count). The fourth-order valence-corrected chi connectivity index (χ4v) is 2.21. The summed E-state index contributed by atoms with van der Waals surface area (Å²) in [7, 11) is 1.30. The number of rotatable bonds is 2. The van der Waals surface area contributed by atoms with Crippen molar-refractivity contribution < 1.29 is 14.3 Å². The van der Waals surface area contributed by atoms with E-state index in [0.29, 0.717) is 15.7 Å². The number of anilines is 1. The minimum absolute atomic E-state index is 0.141. The number of carbonyl (C=O) groups is 2. The fourth-order valence-electron chi connectivity index (χ4n) is 1.02. The lowest BCUT2D eigenvalue weighted by atomic mass is 10.4. The number of hydrogen-bond donors (Lipinski definition) is 2. The molecule has 0 aliphatic heterocycles. The molecule has 1 amide bonds. The minimum Gasteiger partial charge on any atom is -0.465 e. The van der Waals surface area contributed by atoms with Crippen LogP contribution < -0.4 is 10.6 Å². The standard InChI is InChI=1S/C9H11N3O3S2/c1-4-6(7(14)15-3)17-9(10-4)12-8(16)11-5(2)13/h1-3H3,(H2,10,11,12,13,16). The molecule has 0 unspecified atom stereocenters. The van der Waals surface area contributed by atoms with E-state index in [9.17, 15) is 9.59 Å². The summed E-state index contributed by atoms with van der Waals surface area (Å²) in [6, 6.07) is 0. The number of nitrogens with zero attached hydrogens (tertiary/aromatic N) is 1. The number of esters is 1. The monoisotopic (exact) mass is 273 g/mol. The number of methoxy groups -OCH3 is 1. The SMILES string of the molecule is COC(=O)c1sc(NC(=S)NC(C)=O)nc1C. The molecule has 1 aromatic rings. The first-order valence-corrected chi connectivity index (χ1v) is 5.80. The number of thiazole rings is 1. The molecular weight excluding hydrogens is 262 g/mol. The van der Waals surface area contributed by atoms with Crippen LogP contribution in [0, 0.1) is 6.92 Å². The smallest absolute Gasteiger partial charge is 0.350 e. The highest BCUT2D eigenvalue weighted by atomic mass is 32.1. The molecule has 2 N–H and O–H groups in total. The van der Waals surface area contributed by atoms with Gasteiger partial charge in [0.25, 0.3) is 0 Å². The Kier molecular flexibility index (Phi) is 4.53. The Morgan fingerprint density at radius 3 is 2.65 bits per heavy atom. The van der Waals surface area contributed by atoms with Crippen molar-refractivity contribution in [3.8, 4) is 0 Å². The number of aromatic nitrogens is 1. The van der Waals surface area contributed by atoms with Crippen LogP contribution in [0.3, 0.4) is 0 Å². The zero-order valence-corrected chi connectivity index (χ0v) is 11.1. The van der Waals surface area contributed by atoms with Crippen LogP contribution in [0.15, 0.2) is 0 Å². The predicted octanol–water partition coefficient (Wildman–Crippen LogP) is 1.07. The average molecular weight is 273 g/mol. The van der Waals surface area contributed by atoms with Crippen LogP contribution in [0.25, 0.3) is 0 Å². The third-order valence-electron chi connectivity index (χ3n) is 1.68. The molecule has 0 radical (unpaired) electrons. The molecule has 0 spiro atoms. The Morgan fingerprint density at radius 2 is 2.12 bits per heavy atom. The molecule has 0 saturated carbocycles. The van der Waals surface area contributed by atoms with E-state index in [0.717, 1.165) is 11.3 Å². The molecule has 0 atom stereocenters. The molecule has 1 heterocycles. The lowest BCUT2D eigenvalue weighted by Crippen LogP contribution is -2.32. The number of nitrogens with one attached hydrogen (secondary N) is 2. The van der Waals surface area contributed by atoms with Gasteiger partial charge in [-0.3, -0.25) is 4.79 Å². The van der Waals surface area contributed by atoms with Crippen LogP contribution in [0.5, 0.6) is 0 Å². The van der Waals surface area contributed by atoms with Gasteiger partial charge in [0.2, 0.25) is 5.91 Å². The summed E-state index contributed by atoms with van der Waals surface area (Å²) in [4.78, 5) is 26.6. The van der Waals surface area contributed by atoms with E-state index in [1.807, 2.05) is 0 Å². The fraction of sp³-hybridized carbons (Fsp3) is 0.333. The molecular formula is C9H11N3O3S2. The number of hydrogen-bond acceptors (Lipinski definition) is 6. The Balaban J connectivity index is 2.77. The van der Waals surface area contributed by atoms with E-state index < -0.39 is 5.97 Å². The van der Waals surface area contributed by atoms with Crippen molar-refractivity contribution >= 4 is 45.7 Å². The van der Waals surface area contributed by atoms with Crippen LogP contribution in [-0.4, -0.2) is 29.1 Å². The highest BCUT2D eigenvalue weighted by Gasteiger charge is 2.16. The molecule has 0 bridgehead atoms. The van der Waals surface area contributed by atoms with Crippen LogP contribution in [-0.2, 0) is 9.53 Å². The van der Waals surface area contributed by atoms with Crippen molar-refractivity contribution in [1.82, 2.24) is 10.3 Å². The number of carbonyl (C=O) groups excluding carboxylic acids is 2. The van der Waals surface area contributed by atoms with E-state index >= 15 is 0 Å². The van der Waals surface area contributed by atoms with E-state index in [4.69, 9.17) is 12.2 Å². The normalized spacial score (nSPS) is 9.59. The molecule has 0 aliphatic rings. The van der Waals surface area contributed by atoms with Gasteiger partial charge >= 0.3 is 5.97 Å². The first kappa shape index (κ1) is 13.5. The average Bonchev–Trinajstić information content (AvgIpc) is 2.56. The summed E-state index contributed by atoms with van der Waals surface area (Å²) in [6.45, 7) is 3.04. The Morgan fingerprint density at radius 1 is 1.47 bits per heavy atom. The van der Waals surface area contributed by atoms with Crippen LogP contribution in [0.2, 0.25) is 0 Å². The maximum atomic E-state index is 11.3. The summed E-state index contributed by atoms with van der Waals surface area (Å²) in [5, 5.41) is 5.68. The van der Waals surface area contributed by atoms with Gasteiger partial charge in [-0.25, -0.2) is 9.78 Å². The quantitative estimate of drug-likeness (QED) is 0.620. The molecule has 0 aliphatic carbocycles. The molecule has 1 aromatic heterocycles. The number of thiocarbonyl (C=S) groups is 1. The van der Waals surface area contributed by atoms with Crippen molar-refractivity contribution in [3.63, 3.8) is 0 Å². The Labute approximate surface area is 107 Å². The first-order chi connectivity index (χ1) is 7.93. The van der Waals surface area contributed by atoms with Gasteiger partial charge in [-0.15, -0.1) is 0 Å².